The molecular weight excluding hydrogens is 380 g/mol. The highest BCUT2D eigenvalue weighted by molar-refractivity contribution is 7.17. The monoisotopic (exact) mass is 396 g/mol. The first-order valence-corrected chi connectivity index (χ1v) is 9.57. The van der Waals surface area contributed by atoms with Crippen LogP contribution in [0.1, 0.15) is 29.9 Å². The number of hydrogen-bond donors (Lipinski definition) is 4. The molecule has 8 heteroatoms. The standard InChI is InChI=1S/C20H16N2O5S/c21-6-10-2-1-3-11-12(8-28-18(10)11)14-15(19(24)25)13(7-23)22-17(9-4-5-9)16(14)20(26)27/h1-3,8-9,14,22-23H,4-5,7H2,(H,24,25)(H,26,27). The van der Waals surface area contributed by atoms with E-state index in [9.17, 15) is 30.2 Å². The number of fused-ring (bicyclic) bond motifs is 1. The third kappa shape index (κ3) is 2.76. The zero-order chi connectivity index (χ0) is 20.0. The van der Waals surface area contributed by atoms with E-state index >= 15 is 0 Å². The molecule has 1 atom stereocenters. The average Bonchev–Trinajstić information content (AvgIpc) is 3.44. The molecule has 1 fully saturated rings. The summed E-state index contributed by atoms with van der Waals surface area (Å²) in [5.41, 5.74) is 1.39. The molecule has 28 heavy (non-hydrogen) atoms. The second kappa shape index (κ2) is 6.78. The van der Waals surface area contributed by atoms with Crippen molar-refractivity contribution in [2.75, 3.05) is 6.61 Å². The molecule has 1 unspecified atom stereocenters. The van der Waals surface area contributed by atoms with Crippen molar-refractivity contribution in [3.05, 3.63) is 57.2 Å². The van der Waals surface area contributed by atoms with E-state index in [1.165, 1.54) is 11.3 Å². The maximum absolute atomic E-state index is 12.2. The number of allylic oxidation sites excluding steroid dienone is 1. The van der Waals surface area contributed by atoms with Gasteiger partial charge in [-0.05, 0) is 41.2 Å². The lowest BCUT2D eigenvalue weighted by Crippen LogP contribution is -2.34. The van der Waals surface area contributed by atoms with Crippen LogP contribution in [0.2, 0.25) is 0 Å². The molecule has 0 saturated heterocycles. The van der Waals surface area contributed by atoms with Crippen LogP contribution in [0, 0.1) is 17.2 Å². The summed E-state index contributed by atoms with van der Waals surface area (Å²) in [5.74, 6) is -3.49. The summed E-state index contributed by atoms with van der Waals surface area (Å²) in [4.78, 5) is 24.3. The van der Waals surface area contributed by atoms with Gasteiger partial charge in [-0.3, -0.25) is 0 Å². The minimum atomic E-state index is -1.29. The summed E-state index contributed by atoms with van der Waals surface area (Å²) >= 11 is 1.28. The van der Waals surface area contributed by atoms with Crippen LogP contribution in [0.3, 0.4) is 0 Å². The summed E-state index contributed by atoms with van der Waals surface area (Å²) in [5, 5.41) is 44.2. The highest BCUT2D eigenvalue weighted by Crippen LogP contribution is 2.48. The van der Waals surface area contributed by atoms with Crippen molar-refractivity contribution in [3.8, 4) is 6.07 Å². The highest BCUT2D eigenvalue weighted by atomic mass is 32.1. The molecule has 1 aromatic carbocycles. The zero-order valence-corrected chi connectivity index (χ0v) is 15.4. The van der Waals surface area contributed by atoms with Gasteiger partial charge in [0.05, 0.1) is 39.6 Å². The van der Waals surface area contributed by atoms with E-state index in [0.717, 1.165) is 12.8 Å². The normalized spacial score (nSPS) is 19.5. The molecule has 1 aliphatic heterocycles. The Balaban J connectivity index is 2.03. The Kier molecular flexibility index (Phi) is 4.41. The van der Waals surface area contributed by atoms with E-state index in [2.05, 4.69) is 11.4 Å². The Hall–Kier alpha value is -3.15. The second-order valence-corrected chi connectivity index (χ2v) is 7.69. The topological polar surface area (TPSA) is 131 Å². The van der Waals surface area contributed by atoms with E-state index in [-0.39, 0.29) is 22.8 Å². The number of dihydropyridines is 1. The summed E-state index contributed by atoms with van der Waals surface area (Å²) in [6.45, 7) is -0.535. The van der Waals surface area contributed by atoms with Crippen LogP contribution in [0.5, 0.6) is 0 Å². The Morgan fingerprint density at radius 1 is 1.21 bits per heavy atom. The number of thiophene rings is 1. The van der Waals surface area contributed by atoms with Crippen LogP contribution in [-0.4, -0.2) is 33.9 Å². The minimum Gasteiger partial charge on any atom is -0.478 e. The van der Waals surface area contributed by atoms with Crippen molar-refractivity contribution >= 4 is 33.4 Å². The average molecular weight is 396 g/mol. The molecule has 4 rings (SSSR count). The molecule has 142 valence electrons. The van der Waals surface area contributed by atoms with E-state index in [4.69, 9.17) is 0 Å². The number of hydrogen-bond acceptors (Lipinski definition) is 6. The van der Waals surface area contributed by atoms with Crippen molar-refractivity contribution in [2.24, 2.45) is 5.92 Å². The summed E-state index contributed by atoms with van der Waals surface area (Å²) in [7, 11) is 0. The van der Waals surface area contributed by atoms with Gasteiger partial charge in [-0.15, -0.1) is 11.3 Å². The number of carboxylic acid groups (broad SMARTS) is 2. The van der Waals surface area contributed by atoms with Gasteiger partial charge < -0.3 is 20.6 Å². The molecule has 0 amide bonds. The van der Waals surface area contributed by atoms with Crippen LogP contribution in [0.4, 0.5) is 0 Å². The predicted octanol–water partition coefficient (Wildman–Crippen LogP) is 2.54. The fraction of sp³-hybridized carbons (Fsp3) is 0.250. The van der Waals surface area contributed by atoms with E-state index in [1.54, 1.807) is 23.6 Å². The number of aliphatic hydroxyl groups excluding tert-OH is 1. The fourth-order valence-electron chi connectivity index (χ4n) is 3.78. The molecule has 4 N–H and O–H groups in total. The second-order valence-electron chi connectivity index (χ2n) is 6.81. The van der Waals surface area contributed by atoms with Crippen molar-refractivity contribution in [1.29, 1.82) is 5.26 Å². The van der Waals surface area contributed by atoms with Crippen LogP contribution in [0.15, 0.2) is 46.1 Å². The van der Waals surface area contributed by atoms with Crippen molar-refractivity contribution in [1.82, 2.24) is 5.32 Å². The van der Waals surface area contributed by atoms with Crippen LogP contribution < -0.4 is 5.32 Å². The Morgan fingerprint density at radius 2 is 1.93 bits per heavy atom. The van der Waals surface area contributed by atoms with Gasteiger partial charge in [-0.2, -0.15) is 5.26 Å². The van der Waals surface area contributed by atoms with Crippen LogP contribution in [0.25, 0.3) is 10.1 Å². The Bertz CT molecular complexity index is 1120. The van der Waals surface area contributed by atoms with Crippen molar-refractivity contribution < 1.29 is 24.9 Å². The first kappa shape index (κ1) is 18.2. The van der Waals surface area contributed by atoms with Gasteiger partial charge in [0, 0.05) is 5.70 Å². The van der Waals surface area contributed by atoms with Gasteiger partial charge in [-0.25, -0.2) is 9.59 Å². The number of nitriles is 1. The van der Waals surface area contributed by atoms with E-state index < -0.39 is 24.5 Å². The molecule has 1 aromatic heterocycles. The summed E-state index contributed by atoms with van der Waals surface area (Å²) in [6, 6.07) is 7.24. The van der Waals surface area contributed by atoms with Gasteiger partial charge in [0.15, 0.2) is 0 Å². The third-order valence-corrected chi connectivity index (χ3v) is 6.19. The molecule has 0 radical (unpaired) electrons. The maximum Gasteiger partial charge on any atom is 0.334 e. The molecule has 2 aromatic rings. The van der Waals surface area contributed by atoms with Crippen molar-refractivity contribution in [2.45, 2.75) is 18.8 Å². The number of carboxylic acids is 2. The van der Waals surface area contributed by atoms with E-state index in [0.29, 0.717) is 26.9 Å². The number of benzene rings is 1. The molecule has 7 nitrogen and oxygen atoms in total. The number of nitrogens with one attached hydrogen (secondary N) is 1. The Morgan fingerprint density at radius 3 is 2.50 bits per heavy atom. The fourth-order valence-corrected chi connectivity index (χ4v) is 4.84. The Labute approximate surface area is 163 Å². The lowest BCUT2D eigenvalue weighted by Gasteiger charge is -2.30. The van der Waals surface area contributed by atoms with Crippen molar-refractivity contribution in [3.63, 3.8) is 0 Å². The number of nitrogens with zero attached hydrogens (tertiary/aromatic N) is 1. The van der Waals surface area contributed by atoms with Gasteiger partial charge >= 0.3 is 11.9 Å². The molecule has 2 aliphatic rings. The highest BCUT2D eigenvalue weighted by Gasteiger charge is 2.43. The molecule has 1 aliphatic carbocycles. The minimum absolute atomic E-state index is 0.000777. The smallest absolute Gasteiger partial charge is 0.334 e. The van der Waals surface area contributed by atoms with Gasteiger partial charge in [0.25, 0.3) is 0 Å². The summed E-state index contributed by atoms with van der Waals surface area (Å²) < 4.78 is 0.687. The van der Waals surface area contributed by atoms with Crippen LogP contribution in [-0.2, 0) is 9.59 Å². The van der Waals surface area contributed by atoms with Gasteiger partial charge in [0.1, 0.15) is 6.07 Å². The lowest BCUT2D eigenvalue weighted by atomic mass is 9.79. The van der Waals surface area contributed by atoms with Crippen LogP contribution >= 0.6 is 11.3 Å². The third-order valence-electron chi connectivity index (χ3n) is 5.14. The number of aliphatic hydroxyl groups is 1. The first-order valence-electron chi connectivity index (χ1n) is 8.69. The SMILES string of the molecule is N#Cc1cccc2c(C3C(C(=O)O)=C(CO)NC(C4CC4)=C3C(=O)O)csc12. The quantitative estimate of drug-likeness (QED) is 0.611. The lowest BCUT2D eigenvalue weighted by molar-refractivity contribution is -0.133. The summed E-state index contributed by atoms with van der Waals surface area (Å²) in [6.07, 6.45) is 1.63. The molecule has 1 saturated carbocycles. The number of rotatable bonds is 5. The predicted molar refractivity (Wildman–Crippen MR) is 102 cm³/mol. The first-order chi connectivity index (χ1) is 13.5. The number of aliphatic carboxylic acids is 2. The van der Waals surface area contributed by atoms with Gasteiger partial charge in [-0.1, -0.05) is 12.1 Å². The zero-order valence-electron chi connectivity index (χ0n) is 14.6. The molecule has 0 spiro atoms. The van der Waals surface area contributed by atoms with Gasteiger partial charge in [0.2, 0.25) is 0 Å². The molecular formula is C20H16N2O5S. The number of carbonyl (C=O) groups is 2. The molecule has 0 bridgehead atoms. The van der Waals surface area contributed by atoms with E-state index in [1.807, 2.05) is 0 Å². The molecule has 2 heterocycles. The maximum atomic E-state index is 12.2. The largest absolute Gasteiger partial charge is 0.478 e.